The molecule has 0 radical (unpaired) electrons. The van der Waals surface area contributed by atoms with E-state index >= 15 is 0 Å². The Kier molecular flexibility index (Phi) is 3.97. The van der Waals surface area contributed by atoms with Crippen molar-refractivity contribution >= 4 is 11.6 Å². The summed E-state index contributed by atoms with van der Waals surface area (Å²) in [6.45, 7) is 1.97. The predicted octanol–water partition coefficient (Wildman–Crippen LogP) is 4.31. The van der Waals surface area contributed by atoms with E-state index in [-0.39, 0.29) is 5.91 Å². The van der Waals surface area contributed by atoms with E-state index in [1.165, 1.54) is 0 Å². The summed E-state index contributed by atoms with van der Waals surface area (Å²) in [4.78, 5) is 16.3. The van der Waals surface area contributed by atoms with Gasteiger partial charge in [-0.15, -0.1) is 0 Å². The van der Waals surface area contributed by atoms with E-state index in [0.29, 0.717) is 5.56 Å². The molecule has 3 rings (SSSR count). The van der Waals surface area contributed by atoms with Gasteiger partial charge in [0.1, 0.15) is 0 Å². The van der Waals surface area contributed by atoms with E-state index < -0.39 is 0 Å². The van der Waals surface area contributed by atoms with Gasteiger partial charge in [0.25, 0.3) is 5.91 Å². The van der Waals surface area contributed by atoms with Gasteiger partial charge in [0.2, 0.25) is 0 Å². The number of nitrogens with one attached hydrogen (secondary N) is 1. The molecule has 3 heteroatoms. The first kappa shape index (κ1) is 14.0. The molecule has 1 aromatic heterocycles. The summed E-state index contributed by atoms with van der Waals surface area (Å²) in [5.41, 5.74) is 4.63. The Balaban J connectivity index is 1.76. The number of rotatable bonds is 3. The van der Waals surface area contributed by atoms with Gasteiger partial charge in [0.15, 0.2) is 0 Å². The lowest BCUT2D eigenvalue weighted by Gasteiger charge is -2.07. The molecule has 0 aliphatic rings. The summed E-state index contributed by atoms with van der Waals surface area (Å²) in [7, 11) is 0. The zero-order valence-electron chi connectivity index (χ0n) is 12.3. The molecular formula is C19H16N2O. The number of nitrogens with zero attached hydrogens (tertiary/aromatic N) is 1. The fraction of sp³-hybridized carbons (Fsp3) is 0.0526. The molecule has 0 atom stereocenters. The quantitative estimate of drug-likeness (QED) is 0.780. The molecule has 22 heavy (non-hydrogen) atoms. The maximum atomic E-state index is 12.1. The number of anilines is 1. The second-order valence-electron chi connectivity index (χ2n) is 5.08. The Bertz CT molecular complexity index is 780. The highest BCUT2D eigenvalue weighted by Gasteiger charge is 2.05. The van der Waals surface area contributed by atoms with E-state index in [4.69, 9.17) is 0 Å². The third kappa shape index (κ3) is 3.20. The van der Waals surface area contributed by atoms with Crippen LogP contribution in [0.1, 0.15) is 16.1 Å². The highest BCUT2D eigenvalue weighted by molar-refractivity contribution is 6.04. The molecule has 2 aromatic carbocycles. The number of amides is 1. The standard InChI is InChI=1S/C19H16N2O/c1-14-13-17(11-12-20-14)15-7-9-18(10-8-15)21-19(22)16-5-3-2-4-6-16/h2-13H,1H3,(H,21,22). The van der Waals surface area contributed by atoms with Gasteiger partial charge in [-0.3, -0.25) is 9.78 Å². The molecular weight excluding hydrogens is 272 g/mol. The summed E-state index contributed by atoms with van der Waals surface area (Å²) >= 11 is 0. The number of carbonyl (C=O) groups excluding carboxylic acids is 1. The molecule has 3 aromatic rings. The number of pyridine rings is 1. The van der Waals surface area contributed by atoms with Crippen molar-refractivity contribution in [1.29, 1.82) is 0 Å². The minimum Gasteiger partial charge on any atom is -0.322 e. The van der Waals surface area contributed by atoms with Crippen LogP contribution in [0.15, 0.2) is 72.9 Å². The second-order valence-corrected chi connectivity index (χ2v) is 5.08. The Labute approximate surface area is 129 Å². The van der Waals surface area contributed by atoms with Crippen molar-refractivity contribution in [2.24, 2.45) is 0 Å². The van der Waals surface area contributed by atoms with Crippen LogP contribution in [0.2, 0.25) is 0 Å². The van der Waals surface area contributed by atoms with Crippen LogP contribution in [0.5, 0.6) is 0 Å². The van der Waals surface area contributed by atoms with E-state index in [1.807, 2.05) is 61.5 Å². The molecule has 0 aliphatic carbocycles. The van der Waals surface area contributed by atoms with Crippen molar-refractivity contribution in [3.63, 3.8) is 0 Å². The molecule has 0 saturated heterocycles. The Morgan fingerprint density at radius 2 is 1.64 bits per heavy atom. The van der Waals surface area contributed by atoms with E-state index in [0.717, 1.165) is 22.5 Å². The number of aromatic nitrogens is 1. The van der Waals surface area contributed by atoms with Crippen molar-refractivity contribution in [3.8, 4) is 11.1 Å². The third-order valence-electron chi connectivity index (χ3n) is 3.41. The van der Waals surface area contributed by atoms with Crippen molar-refractivity contribution in [3.05, 3.63) is 84.2 Å². The smallest absolute Gasteiger partial charge is 0.255 e. The molecule has 3 nitrogen and oxygen atoms in total. The minimum atomic E-state index is -0.104. The Hall–Kier alpha value is -2.94. The number of hydrogen-bond acceptors (Lipinski definition) is 2. The van der Waals surface area contributed by atoms with E-state index in [1.54, 1.807) is 18.3 Å². The SMILES string of the molecule is Cc1cc(-c2ccc(NC(=O)c3ccccc3)cc2)ccn1. The highest BCUT2D eigenvalue weighted by atomic mass is 16.1. The molecule has 0 fully saturated rings. The monoisotopic (exact) mass is 288 g/mol. The molecule has 1 heterocycles. The second kappa shape index (κ2) is 6.22. The first-order valence-corrected chi connectivity index (χ1v) is 7.12. The topological polar surface area (TPSA) is 42.0 Å². The average molecular weight is 288 g/mol. The zero-order valence-corrected chi connectivity index (χ0v) is 12.3. The first-order valence-electron chi connectivity index (χ1n) is 7.12. The summed E-state index contributed by atoms with van der Waals surface area (Å²) in [6.07, 6.45) is 1.80. The Morgan fingerprint density at radius 3 is 2.32 bits per heavy atom. The summed E-state index contributed by atoms with van der Waals surface area (Å²) in [6, 6.07) is 21.0. The van der Waals surface area contributed by atoms with Gasteiger partial charge in [-0.25, -0.2) is 0 Å². The molecule has 0 spiro atoms. The van der Waals surface area contributed by atoms with Gasteiger partial charge in [0.05, 0.1) is 0 Å². The normalized spacial score (nSPS) is 10.2. The lowest BCUT2D eigenvalue weighted by Crippen LogP contribution is -2.11. The molecule has 1 amide bonds. The van der Waals surface area contributed by atoms with Crippen molar-refractivity contribution < 1.29 is 4.79 Å². The van der Waals surface area contributed by atoms with E-state index in [2.05, 4.69) is 10.3 Å². The minimum absolute atomic E-state index is 0.104. The number of carbonyl (C=O) groups is 1. The predicted molar refractivity (Wildman–Crippen MR) is 88.8 cm³/mol. The maximum Gasteiger partial charge on any atom is 0.255 e. The van der Waals surface area contributed by atoms with Crippen molar-refractivity contribution in [2.75, 3.05) is 5.32 Å². The van der Waals surface area contributed by atoms with Crippen LogP contribution in [-0.4, -0.2) is 10.9 Å². The number of hydrogen-bond donors (Lipinski definition) is 1. The van der Waals surface area contributed by atoms with Gasteiger partial charge in [-0.1, -0.05) is 30.3 Å². The fourth-order valence-electron chi connectivity index (χ4n) is 2.26. The van der Waals surface area contributed by atoms with Crippen LogP contribution < -0.4 is 5.32 Å². The van der Waals surface area contributed by atoms with Gasteiger partial charge >= 0.3 is 0 Å². The van der Waals surface area contributed by atoms with Gasteiger partial charge in [-0.05, 0) is 54.4 Å². The summed E-state index contributed by atoms with van der Waals surface area (Å²) < 4.78 is 0. The number of aryl methyl sites for hydroxylation is 1. The van der Waals surface area contributed by atoms with E-state index in [9.17, 15) is 4.79 Å². The number of benzene rings is 2. The molecule has 0 unspecified atom stereocenters. The molecule has 108 valence electrons. The highest BCUT2D eigenvalue weighted by Crippen LogP contribution is 2.21. The maximum absolute atomic E-state index is 12.1. The lowest BCUT2D eigenvalue weighted by molar-refractivity contribution is 0.102. The van der Waals surface area contributed by atoms with Gasteiger partial charge < -0.3 is 5.32 Å². The molecule has 0 saturated carbocycles. The lowest BCUT2D eigenvalue weighted by atomic mass is 10.1. The van der Waals surface area contributed by atoms with Crippen molar-refractivity contribution in [2.45, 2.75) is 6.92 Å². The fourth-order valence-corrected chi connectivity index (χ4v) is 2.26. The largest absolute Gasteiger partial charge is 0.322 e. The first-order chi connectivity index (χ1) is 10.7. The van der Waals surface area contributed by atoms with Crippen LogP contribution in [0.3, 0.4) is 0 Å². The summed E-state index contributed by atoms with van der Waals surface area (Å²) in [5.74, 6) is -0.104. The van der Waals surface area contributed by atoms with Crippen LogP contribution in [0.25, 0.3) is 11.1 Å². The van der Waals surface area contributed by atoms with Crippen LogP contribution in [-0.2, 0) is 0 Å². The van der Waals surface area contributed by atoms with Crippen LogP contribution >= 0.6 is 0 Å². The van der Waals surface area contributed by atoms with Crippen LogP contribution in [0.4, 0.5) is 5.69 Å². The molecule has 0 bridgehead atoms. The third-order valence-corrected chi connectivity index (χ3v) is 3.41. The van der Waals surface area contributed by atoms with Gasteiger partial charge in [0, 0.05) is 23.1 Å². The van der Waals surface area contributed by atoms with Gasteiger partial charge in [-0.2, -0.15) is 0 Å². The summed E-state index contributed by atoms with van der Waals surface area (Å²) in [5, 5.41) is 2.90. The molecule has 0 aliphatic heterocycles. The molecule has 1 N–H and O–H groups in total. The zero-order chi connectivity index (χ0) is 15.4. The van der Waals surface area contributed by atoms with Crippen LogP contribution in [0, 0.1) is 6.92 Å². The van der Waals surface area contributed by atoms with Crippen molar-refractivity contribution in [1.82, 2.24) is 4.98 Å². The Morgan fingerprint density at radius 1 is 0.909 bits per heavy atom. The average Bonchev–Trinajstić information content (AvgIpc) is 2.56.